The van der Waals surface area contributed by atoms with Crippen LogP contribution in [0.2, 0.25) is 0 Å². The van der Waals surface area contributed by atoms with Gasteiger partial charge in [0.15, 0.2) is 0 Å². The van der Waals surface area contributed by atoms with E-state index in [0.29, 0.717) is 0 Å². The van der Waals surface area contributed by atoms with Gasteiger partial charge < -0.3 is 12.4 Å². The summed E-state index contributed by atoms with van der Waals surface area (Å²) in [6.07, 6.45) is 0. The molecule has 6 heteroatoms. The van der Waals surface area contributed by atoms with Crippen molar-refractivity contribution in [3.63, 3.8) is 0 Å². The molecular formula is C14H36ClN4P. The molecule has 0 N–H and O–H groups in total. The third-order valence-corrected chi connectivity index (χ3v) is 8.91. The molecule has 0 aliphatic heterocycles. The van der Waals surface area contributed by atoms with Gasteiger partial charge in [0.2, 0.25) is 0 Å². The second-order valence-corrected chi connectivity index (χ2v) is 8.37. The van der Waals surface area contributed by atoms with E-state index in [2.05, 4.69) is 74.3 Å². The van der Waals surface area contributed by atoms with Gasteiger partial charge in [0.25, 0.3) is 0 Å². The van der Waals surface area contributed by atoms with Gasteiger partial charge in [-0.2, -0.15) is 0 Å². The average molecular weight is 327 g/mol. The third kappa shape index (κ3) is 4.28. The fourth-order valence-corrected chi connectivity index (χ4v) is 7.97. The van der Waals surface area contributed by atoms with E-state index in [9.17, 15) is 0 Å². The maximum absolute atomic E-state index is 2.67. The van der Waals surface area contributed by atoms with E-state index in [1.807, 2.05) is 0 Å². The number of rotatable bonds is 10. The van der Waals surface area contributed by atoms with Crippen molar-refractivity contribution in [1.29, 1.82) is 0 Å². The Bertz CT molecular complexity index is 198. The molecule has 0 amide bonds. The summed E-state index contributed by atoms with van der Waals surface area (Å²) in [4.78, 5) is 0. The van der Waals surface area contributed by atoms with Gasteiger partial charge in [-0.1, -0.05) is 0 Å². The lowest BCUT2D eigenvalue weighted by Crippen LogP contribution is -3.00. The number of nitrogens with zero attached hydrogens (tertiary/aromatic N) is 4. The summed E-state index contributed by atoms with van der Waals surface area (Å²) >= 11 is 0. The summed E-state index contributed by atoms with van der Waals surface area (Å²) in [5.41, 5.74) is 0. The van der Waals surface area contributed by atoms with E-state index < -0.39 is 7.87 Å². The summed E-state index contributed by atoms with van der Waals surface area (Å²) in [6, 6.07) is 0. The van der Waals surface area contributed by atoms with Gasteiger partial charge in [-0.25, -0.2) is 0 Å². The largest absolute Gasteiger partial charge is 1.00 e. The fraction of sp³-hybridized carbons (Fsp3) is 1.00. The average Bonchev–Trinajstić information content (AvgIpc) is 2.41. The van der Waals surface area contributed by atoms with E-state index in [4.69, 9.17) is 0 Å². The van der Waals surface area contributed by atoms with E-state index in [1.54, 1.807) is 0 Å². The Labute approximate surface area is 134 Å². The van der Waals surface area contributed by atoms with Crippen LogP contribution in [0.1, 0.15) is 41.5 Å². The Morgan fingerprint density at radius 2 is 0.750 bits per heavy atom. The summed E-state index contributed by atoms with van der Waals surface area (Å²) in [6.45, 7) is 20.4. The molecule has 0 bridgehead atoms. The van der Waals surface area contributed by atoms with Gasteiger partial charge in [0.05, 0.1) is 0 Å². The van der Waals surface area contributed by atoms with Crippen LogP contribution in [0.3, 0.4) is 0 Å². The lowest BCUT2D eigenvalue weighted by atomic mass is 10.7. The van der Waals surface area contributed by atoms with Gasteiger partial charge >= 0.3 is 7.87 Å². The molecule has 0 saturated heterocycles. The van der Waals surface area contributed by atoms with E-state index in [0.717, 1.165) is 39.3 Å². The topological polar surface area (TPSA) is 13.0 Å². The number of halogens is 1. The first-order valence-electron chi connectivity index (χ1n) is 7.83. The molecule has 0 radical (unpaired) electrons. The highest BCUT2D eigenvalue weighted by Crippen LogP contribution is 2.68. The van der Waals surface area contributed by atoms with Gasteiger partial charge in [-0.05, 0) is 41.5 Å². The molecule has 0 fully saturated rings. The minimum Gasteiger partial charge on any atom is -1.00 e. The van der Waals surface area contributed by atoms with Crippen LogP contribution < -0.4 is 12.4 Å². The monoisotopic (exact) mass is 326 g/mol. The quantitative estimate of drug-likeness (QED) is 0.534. The maximum atomic E-state index is 2.67. The van der Waals surface area contributed by atoms with Crippen molar-refractivity contribution in [2.45, 2.75) is 41.5 Å². The van der Waals surface area contributed by atoms with Crippen molar-refractivity contribution in [3.05, 3.63) is 0 Å². The number of hydrogen-bond acceptors (Lipinski definition) is 4. The van der Waals surface area contributed by atoms with Crippen molar-refractivity contribution in [2.75, 3.05) is 53.4 Å². The SMILES string of the molecule is CCN(CC)[P+](N(C)C)(N(CC)CC)N(CC)CC.[Cl-]. The molecule has 0 aliphatic rings. The lowest BCUT2D eigenvalue weighted by Gasteiger charge is -2.48. The summed E-state index contributed by atoms with van der Waals surface area (Å²) in [5.74, 6) is 0. The van der Waals surface area contributed by atoms with Crippen LogP contribution in [0.5, 0.6) is 0 Å². The van der Waals surface area contributed by atoms with Gasteiger partial charge in [0.1, 0.15) is 0 Å². The molecular weight excluding hydrogens is 291 g/mol. The van der Waals surface area contributed by atoms with Crippen LogP contribution in [-0.2, 0) is 0 Å². The Morgan fingerprint density at radius 3 is 0.850 bits per heavy atom. The smallest absolute Gasteiger partial charge is 0.308 e. The van der Waals surface area contributed by atoms with Crippen molar-refractivity contribution < 1.29 is 12.4 Å². The molecule has 0 rings (SSSR count). The normalized spacial score (nSPS) is 12.6. The first kappa shape index (κ1) is 22.8. The van der Waals surface area contributed by atoms with Crippen molar-refractivity contribution in [2.24, 2.45) is 0 Å². The minimum absolute atomic E-state index is 0. The molecule has 0 atom stereocenters. The second kappa shape index (κ2) is 11.2. The first-order chi connectivity index (χ1) is 9.00. The molecule has 0 aliphatic carbocycles. The minimum atomic E-state index is -1.57. The predicted octanol–water partition coefficient (Wildman–Crippen LogP) is 0.255. The molecule has 0 aromatic carbocycles. The van der Waals surface area contributed by atoms with E-state index in [1.165, 1.54) is 0 Å². The highest BCUT2D eigenvalue weighted by molar-refractivity contribution is 7.66. The van der Waals surface area contributed by atoms with E-state index in [-0.39, 0.29) is 12.4 Å². The van der Waals surface area contributed by atoms with Crippen LogP contribution >= 0.6 is 7.87 Å². The summed E-state index contributed by atoms with van der Waals surface area (Å²) < 4.78 is 10.5. The van der Waals surface area contributed by atoms with E-state index >= 15 is 0 Å². The molecule has 124 valence electrons. The van der Waals surface area contributed by atoms with Crippen LogP contribution in [0.25, 0.3) is 0 Å². The predicted molar refractivity (Wildman–Crippen MR) is 89.4 cm³/mol. The van der Waals surface area contributed by atoms with Crippen LogP contribution in [0, 0.1) is 0 Å². The third-order valence-electron chi connectivity index (χ3n) is 3.87. The highest BCUT2D eigenvalue weighted by atomic mass is 35.5. The molecule has 0 heterocycles. The van der Waals surface area contributed by atoms with Crippen LogP contribution in [-0.4, -0.2) is 72.0 Å². The van der Waals surface area contributed by atoms with Gasteiger partial charge in [-0.3, -0.25) is 0 Å². The Morgan fingerprint density at radius 1 is 0.550 bits per heavy atom. The number of hydrogen-bond donors (Lipinski definition) is 0. The summed E-state index contributed by atoms with van der Waals surface area (Å²) in [5, 5.41) is 0. The lowest BCUT2D eigenvalue weighted by molar-refractivity contribution is -0.00000499. The first-order valence-corrected chi connectivity index (χ1v) is 9.43. The fourth-order valence-electron chi connectivity index (χ4n) is 3.10. The molecule has 0 saturated carbocycles. The molecule has 0 spiro atoms. The molecule has 4 nitrogen and oxygen atoms in total. The van der Waals surface area contributed by atoms with Gasteiger partial charge in [-0.15, -0.1) is 18.7 Å². The molecule has 20 heavy (non-hydrogen) atoms. The Hall–Kier alpha value is 0.560. The molecule has 0 aromatic heterocycles. The second-order valence-electron chi connectivity index (χ2n) is 4.80. The Balaban J connectivity index is 0. The molecule has 0 unspecified atom stereocenters. The zero-order valence-electron chi connectivity index (χ0n) is 14.9. The summed E-state index contributed by atoms with van der Waals surface area (Å²) in [7, 11) is 2.94. The van der Waals surface area contributed by atoms with Crippen LogP contribution in [0.15, 0.2) is 0 Å². The van der Waals surface area contributed by atoms with Crippen molar-refractivity contribution in [3.8, 4) is 0 Å². The van der Waals surface area contributed by atoms with Crippen molar-refractivity contribution >= 4 is 7.87 Å². The maximum Gasteiger partial charge on any atom is 0.308 e. The van der Waals surface area contributed by atoms with Crippen LogP contribution in [0.4, 0.5) is 0 Å². The van der Waals surface area contributed by atoms with Gasteiger partial charge in [0, 0.05) is 53.4 Å². The zero-order chi connectivity index (χ0) is 15.1. The van der Waals surface area contributed by atoms with Crippen molar-refractivity contribution in [1.82, 2.24) is 18.7 Å². The zero-order valence-corrected chi connectivity index (χ0v) is 16.5. The Kier molecular flexibility index (Phi) is 12.8. The highest BCUT2D eigenvalue weighted by Gasteiger charge is 2.56. The standard InChI is InChI=1S/C14H36N4P.ClH/c1-9-16(10-2)19(15(7)8,17(11-3)12-4)18(13-5)14-6;/h9-14H2,1-8H3;1H/q+1;/p-1. The molecule has 0 aromatic rings.